The maximum atomic E-state index is 13.1. The molecule has 10 nitrogen and oxygen atoms in total. The molecule has 3 amide bonds. The van der Waals surface area contributed by atoms with Gasteiger partial charge in [0, 0.05) is 27.2 Å². The van der Waals surface area contributed by atoms with Crippen LogP contribution in [-0.2, 0) is 9.59 Å². The molecule has 40 heavy (non-hydrogen) atoms. The van der Waals surface area contributed by atoms with Gasteiger partial charge in [0.15, 0.2) is 5.13 Å². The van der Waals surface area contributed by atoms with E-state index in [9.17, 15) is 19.6 Å². The Bertz CT molecular complexity index is 1690. The van der Waals surface area contributed by atoms with E-state index in [0.717, 1.165) is 10.5 Å². The molecule has 0 spiro atoms. The molecule has 0 saturated carbocycles. The van der Waals surface area contributed by atoms with E-state index >= 15 is 0 Å². The molecule has 202 valence electrons. The molecule has 4 aromatic rings. The van der Waals surface area contributed by atoms with Crippen molar-refractivity contribution in [3.05, 3.63) is 104 Å². The van der Waals surface area contributed by atoms with Crippen LogP contribution in [-0.4, -0.2) is 27.9 Å². The number of hydrogen-bond acceptors (Lipinski definition) is 9. The van der Waals surface area contributed by atoms with Crippen LogP contribution in [0.3, 0.4) is 0 Å². The van der Waals surface area contributed by atoms with Gasteiger partial charge in [0.1, 0.15) is 10.7 Å². The lowest BCUT2D eigenvalue weighted by Gasteiger charge is -2.21. The van der Waals surface area contributed by atoms with Gasteiger partial charge in [-0.1, -0.05) is 47.5 Å². The molecule has 5 rings (SSSR count). The highest BCUT2D eigenvalue weighted by atomic mass is 35.5. The van der Waals surface area contributed by atoms with Crippen LogP contribution in [0.5, 0.6) is 0 Å². The summed E-state index contributed by atoms with van der Waals surface area (Å²) in [7, 11) is 0. The minimum atomic E-state index is -0.695. The number of anilines is 4. The van der Waals surface area contributed by atoms with Gasteiger partial charge in [-0.3, -0.25) is 24.9 Å². The number of nitrogens with zero attached hydrogens (tertiary/aromatic N) is 3. The van der Waals surface area contributed by atoms with Crippen molar-refractivity contribution in [2.45, 2.75) is 6.92 Å². The first-order valence-corrected chi connectivity index (χ1v) is 13.2. The van der Waals surface area contributed by atoms with Gasteiger partial charge in [0.05, 0.1) is 17.1 Å². The van der Waals surface area contributed by atoms with Crippen LogP contribution < -0.4 is 20.8 Å². The smallest absolute Gasteiger partial charge is 0.283 e. The van der Waals surface area contributed by atoms with E-state index in [1.165, 1.54) is 35.6 Å². The third-order valence-corrected chi connectivity index (χ3v) is 7.46. The number of aryl methyl sites for hydroxylation is 1. The SMILES string of the molecule is Cc1ccc(N2C(=O)C(Cl)=C(Nc3cccc(C(=O)Nc4nc(-c5ccc(N([O-])O)cc5)cs4)c3)C2=O)cc1Cl. The molecular weight excluding hydrogens is 577 g/mol. The van der Waals surface area contributed by atoms with Gasteiger partial charge in [-0.15, -0.1) is 11.3 Å². The highest BCUT2D eigenvalue weighted by molar-refractivity contribution is 7.14. The van der Waals surface area contributed by atoms with E-state index in [2.05, 4.69) is 15.6 Å². The lowest BCUT2D eigenvalue weighted by molar-refractivity contribution is -0.120. The number of nitrogens with one attached hydrogen (secondary N) is 2. The third-order valence-electron chi connectivity index (χ3n) is 5.94. The molecule has 13 heteroatoms. The van der Waals surface area contributed by atoms with Crippen molar-refractivity contribution in [3.8, 4) is 11.3 Å². The summed E-state index contributed by atoms with van der Waals surface area (Å²) in [5.41, 5.74) is 2.92. The van der Waals surface area contributed by atoms with Gasteiger partial charge in [-0.25, -0.2) is 9.88 Å². The third kappa shape index (κ3) is 5.41. The molecule has 1 aliphatic heterocycles. The average Bonchev–Trinajstić information content (AvgIpc) is 3.49. The number of thiazole rings is 1. The van der Waals surface area contributed by atoms with Crippen molar-refractivity contribution in [2.24, 2.45) is 0 Å². The number of halogens is 2. The normalized spacial score (nSPS) is 13.2. The second-order valence-corrected chi connectivity index (χ2v) is 10.2. The number of hydrogen-bond donors (Lipinski definition) is 3. The standard InChI is InChI=1S/C27H18Cl2N5O5S/c1-14-5-8-19(12-20(14)28)33-25(36)22(29)23(26(33)37)30-17-4-2-3-16(11-17)24(35)32-27-31-21(13-40-27)15-6-9-18(10-7-15)34(38)39/h2-13,30,38H,1H3,(H,31,32,35)/q-1. The monoisotopic (exact) mass is 594 g/mol. The molecular formula is C27H18Cl2N5O5S-. The Hall–Kier alpha value is -4.26. The Morgan fingerprint density at radius 3 is 2.50 bits per heavy atom. The summed E-state index contributed by atoms with van der Waals surface area (Å²) in [5.74, 6) is -1.80. The largest absolute Gasteiger partial charge is 0.733 e. The highest BCUT2D eigenvalue weighted by Crippen LogP contribution is 2.33. The minimum Gasteiger partial charge on any atom is -0.733 e. The maximum Gasteiger partial charge on any atom is 0.283 e. The van der Waals surface area contributed by atoms with E-state index in [4.69, 9.17) is 28.4 Å². The van der Waals surface area contributed by atoms with Crippen molar-refractivity contribution >= 4 is 74.5 Å². The van der Waals surface area contributed by atoms with Crippen LogP contribution >= 0.6 is 34.5 Å². The van der Waals surface area contributed by atoms with Gasteiger partial charge < -0.3 is 15.8 Å². The molecule has 2 heterocycles. The van der Waals surface area contributed by atoms with E-state index in [0.29, 0.717) is 27.1 Å². The van der Waals surface area contributed by atoms with E-state index < -0.39 is 17.7 Å². The van der Waals surface area contributed by atoms with Crippen molar-refractivity contribution in [1.82, 2.24) is 4.98 Å². The van der Waals surface area contributed by atoms with Gasteiger partial charge in [-0.2, -0.15) is 0 Å². The summed E-state index contributed by atoms with van der Waals surface area (Å²) >= 11 is 13.6. The molecule has 1 aliphatic rings. The summed E-state index contributed by atoms with van der Waals surface area (Å²) in [5, 5.41) is 27.5. The van der Waals surface area contributed by atoms with Gasteiger partial charge in [-0.05, 0) is 55.0 Å². The molecule has 0 saturated heterocycles. The Balaban J connectivity index is 1.29. The molecule has 3 aromatic carbocycles. The van der Waals surface area contributed by atoms with E-state index in [1.54, 1.807) is 54.8 Å². The minimum absolute atomic E-state index is 0.0778. The fourth-order valence-corrected chi connectivity index (χ4v) is 4.94. The zero-order valence-corrected chi connectivity index (χ0v) is 22.8. The van der Waals surface area contributed by atoms with Crippen molar-refractivity contribution < 1.29 is 19.6 Å². The van der Waals surface area contributed by atoms with Crippen LogP contribution in [0.2, 0.25) is 5.02 Å². The molecule has 0 aliphatic carbocycles. The summed E-state index contributed by atoms with van der Waals surface area (Å²) in [4.78, 5) is 44.1. The van der Waals surface area contributed by atoms with Gasteiger partial charge in [0.25, 0.3) is 17.7 Å². The first kappa shape index (κ1) is 27.3. The molecule has 0 fully saturated rings. The number of amides is 3. The summed E-state index contributed by atoms with van der Waals surface area (Å²) in [6.45, 7) is 1.80. The van der Waals surface area contributed by atoms with E-state index in [-0.39, 0.29) is 32.9 Å². The van der Waals surface area contributed by atoms with Crippen LogP contribution in [0.1, 0.15) is 15.9 Å². The number of aromatic nitrogens is 1. The van der Waals surface area contributed by atoms with Crippen molar-refractivity contribution in [3.63, 3.8) is 0 Å². The van der Waals surface area contributed by atoms with Crippen LogP contribution in [0.25, 0.3) is 11.3 Å². The predicted molar refractivity (Wildman–Crippen MR) is 155 cm³/mol. The summed E-state index contributed by atoms with van der Waals surface area (Å²) < 4.78 is 0. The molecule has 0 bridgehead atoms. The number of imide groups is 1. The molecule has 0 unspecified atom stereocenters. The second kappa shape index (κ2) is 11.1. The molecule has 0 radical (unpaired) electrons. The number of carbonyl (C=O) groups excluding carboxylic acids is 3. The Morgan fingerprint density at radius 1 is 1.05 bits per heavy atom. The summed E-state index contributed by atoms with van der Waals surface area (Å²) in [6, 6.07) is 17.3. The average molecular weight is 595 g/mol. The lowest BCUT2D eigenvalue weighted by atomic mass is 10.1. The quantitative estimate of drug-likeness (QED) is 0.171. The van der Waals surface area contributed by atoms with Gasteiger partial charge in [0.2, 0.25) is 0 Å². The topological polar surface area (TPSA) is 138 Å². The van der Waals surface area contributed by atoms with Crippen LogP contribution in [0.4, 0.5) is 22.2 Å². The highest BCUT2D eigenvalue weighted by Gasteiger charge is 2.39. The maximum absolute atomic E-state index is 13.1. The summed E-state index contributed by atoms with van der Waals surface area (Å²) in [6.07, 6.45) is 0. The fraction of sp³-hybridized carbons (Fsp3) is 0.0370. The van der Waals surface area contributed by atoms with Gasteiger partial charge >= 0.3 is 0 Å². The van der Waals surface area contributed by atoms with E-state index in [1.807, 2.05) is 0 Å². The first-order chi connectivity index (χ1) is 19.1. The first-order valence-electron chi connectivity index (χ1n) is 11.6. The number of rotatable bonds is 7. The lowest BCUT2D eigenvalue weighted by Crippen LogP contribution is -2.32. The number of carbonyl (C=O) groups is 3. The molecule has 0 atom stereocenters. The number of benzene rings is 3. The zero-order chi connectivity index (χ0) is 28.6. The van der Waals surface area contributed by atoms with Crippen molar-refractivity contribution in [2.75, 3.05) is 20.8 Å². The molecule has 1 aromatic heterocycles. The predicted octanol–water partition coefficient (Wildman–Crippen LogP) is 6.15. The fourth-order valence-electron chi connectivity index (χ4n) is 3.84. The van der Waals surface area contributed by atoms with Crippen molar-refractivity contribution in [1.29, 1.82) is 0 Å². The Labute approximate surface area is 241 Å². The Morgan fingerprint density at radius 2 is 1.80 bits per heavy atom. The van der Waals surface area contributed by atoms with Crippen LogP contribution in [0.15, 0.2) is 82.8 Å². The second-order valence-electron chi connectivity index (χ2n) is 8.59. The molecule has 3 N–H and O–H groups in total. The zero-order valence-electron chi connectivity index (χ0n) is 20.5. The Kier molecular flexibility index (Phi) is 7.57. The van der Waals surface area contributed by atoms with Crippen LogP contribution in [0, 0.1) is 12.1 Å².